The summed E-state index contributed by atoms with van der Waals surface area (Å²) in [5, 5.41) is 3.97. The first-order valence-corrected chi connectivity index (χ1v) is 7.00. The van der Waals surface area contributed by atoms with Crippen molar-refractivity contribution in [1.29, 1.82) is 0 Å². The van der Waals surface area contributed by atoms with Gasteiger partial charge in [0, 0.05) is 23.6 Å². The number of carbonyl (C=O) groups is 1. The maximum atomic E-state index is 11.9. The molecule has 0 spiro atoms. The fraction of sp³-hybridized carbons (Fsp3) is 0.400. The summed E-state index contributed by atoms with van der Waals surface area (Å²) < 4.78 is 0. The van der Waals surface area contributed by atoms with Crippen molar-refractivity contribution in [2.75, 3.05) is 13.1 Å². The average molecular weight is 274 g/mol. The second-order valence-electron chi connectivity index (χ2n) is 4.96. The van der Waals surface area contributed by atoms with Gasteiger partial charge < -0.3 is 21.8 Å². The number of nitrogens with two attached hydrogens (primary N) is 2. The number of hydrogen-bond donors (Lipinski definition) is 4. The molecule has 1 atom stereocenters. The van der Waals surface area contributed by atoms with Gasteiger partial charge in [-0.15, -0.1) is 0 Å². The molecule has 0 saturated heterocycles. The Labute approximate surface area is 118 Å². The largest absolute Gasteiger partial charge is 0.361 e. The third-order valence-corrected chi connectivity index (χ3v) is 3.38. The fourth-order valence-corrected chi connectivity index (χ4v) is 2.24. The van der Waals surface area contributed by atoms with E-state index in [1.54, 1.807) is 0 Å². The SMILES string of the molecule is NCCCCNC(=O)[C@@H](N)Cc1c[nH]c2ccccc12. The van der Waals surface area contributed by atoms with Gasteiger partial charge in [0.2, 0.25) is 5.91 Å². The Morgan fingerprint density at radius 3 is 2.90 bits per heavy atom. The standard InChI is InChI=1S/C15H22N4O/c16-7-3-4-8-18-15(20)13(17)9-11-10-19-14-6-2-1-5-12(11)14/h1-2,5-6,10,13,19H,3-4,7-9,16-17H2,(H,18,20)/t13-/m0/s1. The van der Waals surface area contributed by atoms with Crippen molar-refractivity contribution < 1.29 is 4.79 Å². The number of aromatic amines is 1. The van der Waals surface area contributed by atoms with Gasteiger partial charge in [0.05, 0.1) is 6.04 Å². The van der Waals surface area contributed by atoms with E-state index in [2.05, 4.69) is 10.3 Å². The summed E-state index contributed by atoms with van der Waals surface area (Å²) in [6.45, 7) is 1.29. The number of hydrogen-bond acceptors (Lipinski definition) is 3. The van der Waals surface area contributed by atoms with E-state index in [9.17, 15) is 4.79 Å². The van der Waals surface area contributed by atoms with Crippen LogP contribution in [-0.2, 0) is 11.2 Å². The molecule has 2 rings (SSSR count). The first kappa shape index (κ1) is 14.6. The summed E-state index contributed by atoms with van der Waals surface area (Å²) in [6, 6.07) is 7.49. The first-order valence-electron chi connectivity index (χ1n) is 7.00. The normalized spacial score (nSPS) is 12.5. The van der Waals surface area contributed by atoms with Crippen molar-refractivity contribution in [3.63, 3.8) is 0 Å². The molecule has 0 aliphatic heterocycles. The molecule has 0 fully saturated rings. The zero-order chi connectivity index (χ0) is 14.4. The Morgan fingerprint density at radius 1 is 1.30 bits per heavy atom. The lowest BCUT2D eigenvalue weighted by Gasteiger charge is -2.11. The highest BCUT2D eigenvalue weighted by Gasteiger charge is 2.15. The molecule has 0 bridgehead atoms. The number of benzene rings is 1. The van der Waals surface area contributed by atoms with E-state index in [1.165, 1.54) is 0 Å². The van der Waals surface area contributed by atoms with Gasteiger partial charge >= 0.3 is 0 Å². The van der Waals surface area contributed by atoms with E-state index >= 15 is 0 Å². The summed E-state index contributed by atoms with van der Waals surface area (Å²) in [6.07, 6.45) is 4.26. The minimum absolute atomic E-state index is 0.104. The predicted molar refractivity (Wildman–Crippen MR) is 81.3 cm³/mol. The number of amides is 1. The molecule has 108 valence electrons. The van der Waals surface area contributed by atoms with Gasteiger partial charge in [-0.3, -0.25) is 4.79 Å². The Bertz CT molecular complexity index is 564. The molecule has 1 aromatic heterocycles. The first-order chi connectivity index (χ1) is 9.72. The molecule has 0 saturated carbocycles. The number of aromatic nitrogens is 1. The highest BCUT2D eigenvalue weighted by atomic mass is 16.2. The van der Waals surface area contributed by atoms with Crippen LogP contribution in [-0.4, -0.2) is 30.0 Å². The molecule has 1 aromatic carbocycles. The van der Waals surface area contributed by atoms with E-state index in [0.717, 1.165) is 29.3 Å². The summed E-state index contributed by atoms with van der Waals surface area (Å²) in [5.41, 5.74) is 13.5. The Hall–Kier alpha value is -1.85. The van der Waals surface area contributed by atoms with Crippen LogP contribution in [0.15, 0.2) is 30.5 Å². The van der Waals surface area contributed by atoms with E-state index in [1.807, 2.05) is 30.5 Å². The third kappa shape index (κ3) is 3.59. The number of carbonyl (C=O) groups excluding carboxylic acids is 1. The van der Waals surface area contributed by atoms with Crippen LogP contribution in [0.4, 0.5) is 0 Å². The topological polar surface area (TPSA) is 96.9 Å². The van der Waals surface area contributed by atoms with Crippen LogP contribution in [0.5, 0.6) is 0 Å². The zero-order valence-corrected chi connectivity index (χ0v) is 11.6. The maximum absolute atomic E-state index is 11.9. The summed E-state index contributed by atoms with van der Waals surface area (Å²) in [7, 11) is 0. The van der Waals surface area contributed by atoms with Crippen molar-refractivity contribution in [3.05, 3.63) is 36.0 Å². The Kier molecular flexibility index (Phi) is 5.15. The molecule has 2 aromatic rings. The molecule has 0 radical (unpaired) electrons. The van der Waals surface area contributed by atoms with Crippen molar-refractivity contribution in [2.45, 2.75) is 25.3 Å². The van der Waals surface area contributed by atoms with Gasteiger partial charge in [-0.05, 0) is 37.4 Å². The van der Waals surface area contributed by atoms with Crippen LogP contribution in [0.2, 0.25) is 0 Å². The van der Waals surface area contributed by atoms with Crippen LogP contribution in [0.1, 0.15) is 18.4 Å². The second-order valence-corrected chi connectivity index (χ2v) is 4.96. The van der Waals surface area contributed by atoms with Gasteiger partial charge in [-0.25, -0.2) is 0 Å². The number of rotatable bonds is 7. The summed E-state index contributed by atoms with van der Waals surface area (Å²) in [4.78, 5) is 15.1. The molecule has 5 nitrogen and oxygen atoms in total. The van der Waals surface area contributed by atoms with E-state index < -0.39 is 6.04 Å². The second kappa shape index (κ2) is 7.07. The van der Waals surface area contributed by atoms with Crippen LogP contribution in [0.25, 0.3) is 10.9 Å². The van der Waals surface area contributed by atoms with Crippen LogP contribution < -0.4 is 16.8 Å². The number of H-pyrrole nitrogens is 1. The van der Waals surface area contributed by atoms with Gasteiger partial charge in [0.1, 0.15) is 0 Å². The quantitative estimate of drug-likeness (QED) is 0.565. The van der Waals surface area contributed by atoms with E-state index in [4.69, 9.17) is 11.5 Å². The van der Waals surface area contributed by atoms with Gasteiger partial charge in [-0.2, -0.15) is 0 Å². The monoisotopic (exact) mass is 274 g/mol. The van der Waals surface area contributed by atoms with Crippen molar-refractivity contribution in [1.82, 2.24) is 10.3 Å². The highest BCUT2D eigenvalue weighted by molar-refractivity contribution is 5.86. The Morgan fingerprint density at radius 2 is 2.10 bits per heavy atom. The maximum Gasteiger partial charge on any atom is 0.237 e. The smallest absolute Gasteiger partial charge is 0.237 e. The van der Waals surface area contributed by atoms with Crippen LogP contribution >= 0.6 is 0 Å². The highest BCUT2D eigenvalue weighted by Crippen LogP contribution is 2.18. The number of nitrogens with one attached hydrogen (secondary N) is 2. The molecule has 5 heteroatoms. The number of unbranched alkanes of at least 4 members (excludes halogenated alkanes) is 1. The number of para-hydroxylation sites is 1. The van der Waals surface area contributed by atoms with Crippen molar-refractivity contribution in [3.8, 4) is 0 Å². The van der Waals surface area contributed by atoms with E-state index in [0.29, 0.717) is 19.5 Å². The molecule has 1 heterocycles. The molecule has 20 heavy (non-hydrogen) atoms. The van der Waals surface area contributed by atoms with Crippen LogP contribution in [0.3, 0.4) is 0 Å². The zero-order valence-electron chi connectivity index (χ0n) is 11.6. The molecule has 0 unspecified atom stereocenters. The predicted octanol–water partition coefficient (Wildman–Crippen LogP) is 0.893. The number of fused-ring (bicyclic) bond motifs is 1. The molecule has 0 aliphatic rings. The van der Waals surface area contributed by atoms with E-state index in [-0.39, 0.29) is 5.91 Å². The lowest BCUT2D eigenvalue weighted by Crippen LogP contribution is -2.42. The third-order valence-electron chi connectivity index (χ3n) is 3.38. The lowest BCUT2D eigenvalue weighted by atomic mass is 10.1. The minimum atomic E-state index is -0.521. The fourth-order valence-electron chi connectivity index (χ4n) is 2.24. The molecule has 1 amide bonds. The van der Waals surface area contributed by atoms with Gasteiger partial charge in [-0.1, -0.05) is 18.2 Å². The molecule has 6 N–H and O–H groups in total. The Balaban J connectivity index is 1.90. The molecule has 0 aliphatic carbocycles. The lowest BCUT2D eigenvalue weighted by molar-refractivity contribution is -0.122. The molecular weight excluding hydrogens is 252 g/mol. The minimum Gasteiger partial charge on any atom is -0.361 e. The summed E-state index contributed by atoms with van der Waals surface area (Å²) in [5.74, 6) is -0.104. The summed E-state index contributed by atoms with van der Waals surface area (Å²) >= 11 is 0. The average Bonchev–Trinajstić information content (AvgIpc) is 2.87. The van der Waals surface area contributed by atoms with Crippen molar-refractivity contribution >= 4 is 16.8 Å². The van der Waals surface area contributed by atoms with Crippen LogP contribution in [0, 0.1) is 0 Å². The van der Waals surface area contributed by atoms with Gasteiger partial charge in [0.25, 0.3) is 0 Å². The van der Waals surface area contributed by atoms with Crippen molar-refractivity contribution in [2.24, 2.45) is 11.5 Å². The molecular formula is C15H22N4O. The van der Waals surface area contributed by atoms with Gasteiger partial charge in [0.15, 0.2) is 0 Å².